The Morgan fingerprint density at radius 3 is 2.43 bits per heavy atom. The Kier molecular flexibility index (Phi) is 5.15. The van der Waals surface area contributed by atoms with Crippen LogP contribution in [-0.2, 0) is 14.3 Å². The van der Waals surface area contributed by atoms with E-state index in [9.17, 15) is 9.59 Å². The molecule has 0 aromatic heterocycles. The van der Waals surface area contributed by atoms with Crippen LogP contribution in [0.5, 0.6) is 0 Å². The van der Waals surface area contributed by atoms with Crippen LogP contribution in [0.1, 0.15) is 27.2 Å². The molecule has 0 heterocycles. The number of amides is 1. The number of hydrogen-bond acceptors (Lipinski definition) is 3. The normalized spacial score (nSPS) is 11.1. The highest BCUT2D eigenvalue weighted by Crippen LogP contribution is 2.13. The van der Waals surface area contributed by atoms with Gasteiger partial charge in [0, 0.05) is 6.61 Å². The number of aliphatic carboxylic acids is 1. The van der Waals surface area contributed by atoms with Crippen molar-refractivity contribution in [1.29, 1.82) is 0 Å². The van der Waals surface area contributed by atoms with Crippen molar-refractivity contribution < 1.29 is 19.4 Å². The number of hydrogen-bond donors (Lipinski definition) is 2. The second-order valence-electron chi connectivity index (χ2n) is 3.54. The molecule has 0 fully saturated rings. The summed E-state index contributed by atoms with van der Waals surface area (Å²) in [7, 11) is 0. The molecule has 0 aromatic carbocycles. The van der Waals surface area contributed by atoms with Gasteiger partial charge in [-0.1, -0.05) is 0 Å². The number of carboxylic acid groups (broad SMARTS) is 1. The van der Waals surface area contributed by atoms with Gasteiger partial charge in [0.05, 0.1) is 12.0 Å². The lowest BCUT2D eigenvalue weighted by molar-refractivity contribution is -0.139. The van der Waals surface area contributed by atoms with Crippen LogP contribution < -0.4 is 5.32 Å². The van der Waals surface area contributed by atoms with E-state index in [4.69, 9.17) is 9.84 Å². The zero-order valence-corrected chi connectivity index (χ0v) is 8.79. The highest BCUT2D eigenvalue weighted by molar-refractivity contribution is 5.81. The molecule has 0 spiro atoms. The monoisotopic (exact) mass is 203 g/mol. The first-order chi connectivity index (χ1) is 6.37. The van der Waals surface area contributed by atoms with Crippen LogP contribution in [0.4, 0.5) is 0 Å². The van der Waals surface area contributed by atoms with Gasteiger partial charge in [-0.3, -0.25) is 9.59 Å². The van der Waals surface area contributed by atoms with E-state index in [1.54, 1.807) is 13.8 Å². The fourth-order valence-corrected chi connectivity index (χ4v) is 1.07. The van der Waals surface area contributed by atoms with Crippen LogP contribution in [0.3, 0.4) is 0 Å². The highest BCUT2D eigenvalue weighted by Gasteiger charge is 2.21. The number of ether oxygens (including phenoxy) is 1. The minimum absolute atomic E-state index is 0.161. The van der Waals surface area contributed by atoms with Crippen LogP contribution in [0.2, 0.25) is 0 Å². The third kappa shape index (κ3) is 6.42. The quantitative estimate of drug-likeness (QED) is 0.655. The maximum atomic E-state index is 11.2. The van der Waals surface area contributed by atoms with E-state index >= 15 is 0 Å². The molecule has 0 radical (unpaired) electrons. The third-order valence-electron chi connectivity index (χ3n) is 1.56. The molecule has 0 unspecified atom stereocenters. The Morgan fingerprint density at radius 1 is 1.43 bits per heavy atom. The topological polar surface area (TPSA) is 75.6 Å². The molecule has 0 saturated carbocycles. The van der Waals surface area contributed by atoms with Crippen molar-refractivity contribution in [2.24, 2.45) is 0 Å². The zero-order chi connectivity index (χ0) is 11.2. The van der Waals surface area contributed by atoms with Gasteiger partial charge in [-0.15, -0.1) is 0 Å². The van der Waals surface area contributed by atoms with E-state index in [1.807, 2.05) is 6.92 Å². The molecule has 2 N–H and O–H groups in total. The Hall–Kier alpha value is -1.10. The molecule has 5 heteroatoms. The number of carboxylic acids is 1. The second kappa shape index (κ2) is 5.59. The van der Waals surface area contributed by atoms with Crippen molar-refractivity contribution in [3.05, 3.63) is 0 Å². The predicted octanol–water partition coefficient (Wildman–Crippen LogP) is 0.392. The van der Waals surface area contributed by atoms with Crippen molar-refractivity contribution >= 4 is 11.9 Å². The first-order valence-corrected chi connectivity index (χ1v) is 4.50. The summed E-state index contributed by atoms with van der Waals surface area (Å²) in [6.07, 6.45) is 0.161. The molecular formula is C9H17NO4. The first-order valence-electron chi connectivity index (χ1n) is 4.50. The molecule has 0 aliphatic heterocycles. The van der Waals surface area contributed by atoms with Gasteiger partial charge in [0.25, 0.3) is 0 Å². The fraction of sp³-hybridized carbons (Fsp3) is 0.778. The Balaban J connectivity index is 3.86. The van der Waals surface area contributed by atoms with Gasteiger partial charge in [-0.05, 0) is 20.8 Å². The predicted molar refractivity (Wildman–Crippen MR) is 51.0 cm³/mol. The van der Waals surface area contributed by atoms with Gasteiger partial charge in [0.15, 0.2) is 0 Å². The minimum Gasteiger partial charge on any atom is -0.480 e. The van der Waals surface area contributed by atoms with Gasteiger partial charge in [-0.2, -0.15) is 0 Å². The summed E-state index contributed by atoms with van der Waals surface area (Å²) in [5.74, 6) is -1.36. The van der Waals surface area contributed by atoms with E-state index in [2.05, 4.69) is 5.32 Å². The van der Waals surface area contributed by atoms with Crippen molar-refractivity contribution in [2.75, 3.05) is 13.2 Å². The Bertz CT molecular complexity index is 213. The van der Waals surface area contributed by atoms with Crippen LogP contribution in [0.15, 0.2) is 0 Å². The minimum atomic E-state index is -1.05. The number of nitrogens with one attached hydrogen (secondary N) is 1. The maximum absolute atomic E-state index is 11.2. The molecule has 0 saturated heterocycles. The van der Waals surface area contributed by atoms with Crippen molar-refractivity contribution in [3.63, 3.8) is 0 Å². The van der Waals surface area contributed by atoms with Crippen molar-refractivity contribution in [1.82, 2.24) is 5.32 Å². The standard InChI is InChI=1S/C9H17NO4/c1-4-14-9(2,3)5-7(11)10-6-8(12)13/h4-6H2,1-3H3,(H,10,11)(H,12,13). The molecule has 0 bridgehead atoms. The van der Waals surface area contributed by atoms with E-state index in [0.717, 1.165) is 0 Å². The molecule has 82 valence electrons. The molecule has 0 aliphatic rings. The van der Waals surface area contributed by atoms with Gasteiger partial charge >= 0.3 is 5.97 Å². The SMILES string of the molecule is CCOC(C)(C)CC(=O)NCC(=O)O. The van der Waals surface area contributed by atoms with Crippen molar-refractivity contribution in [3.8, 4) is 0 Å². The Labute approximate surface area is 83.4 Å². The molecule has 5 nitrogen and oxygen atoms in total. The summed E-state index contributed by atoms with van der Waals surface area (Å²) in [4.78, 5) is 21.3. The summed E-state index contributed by atoms with van der Waals surface area (Å²) in [6, 6.07) is 0. The molecule has 1 amide bonds. The molecule has 0 aromatic rings. The number of carbonyl (C=O) groups excluding carboxylic acids is 1. The average Bonchev–Trinajstić information content (AvgIpc) is 1.99. The van der Waals surface area contributed by atoms with E-state index < -0.39 is 11.6 Å². The van der Waals surface area contributed by atoms with Gasteiger partial charge < -0.3 is 15.2 Å². The largest absolute Gasteiger partial charge is 0.480 e. The fourth-order valence-electron chi connectivity index (χ4n) is 1.07. The van der Waals surface area contributed by atoms with Crippen molar-refractivity contribution in [2.45, 2.75) is 32.8 Å². The summed E-state index contributed by atoms with van der Waals surface area (Å²) in [5.41, 5.74) is -0.544. The van der Waals surface area contributed by atoms with Crippen LogP contribution in [0, 0.1) is 0 Å². The zero-order valence-electron chi connectivity index (χ0n) is 8.79. The lowest BCUT2D eigenvalue weighted by atomic mass is 10.0. The summed E-state index contributed by atoms with van der Waals surface area (Å²) >= 11 is 0. The maximum Gasteiger partial charge on any atom is 0.322 e. The molecular weight excluding hydrogens is 186 g/mol. The van der Waals surface area contributed by atoms with E-state index in [1.165, 1.54) is 0 Å². The summed E-state index contributed by atoms with van der Waals surface area (Å²) < 4.78 is 5.30. The van der Waals surface area contributed by atoms with Crippen LogP contribution in [0.25, 0.3) is 0 Å². The smallest absolute Gasteiger partial charge is 0.322 e. The second-order valence-corrected chi connectivity index (χ2v) is 3.54. The van der Waals surface area contributed by atoms with Gasteiger partial charge in [-0.25, -0.2) is 0 Å². The Morgan fingerprint density at radius 2 is 2.00 bits per heavy atom. The molecule has 0 aliphatic carbocycles. The lowest BCUT2D eigenvalue weighted by Gasteiger charge is -2.23. The molecule has 0 rings (SSSR count). The third-order valence-corrected chi connectivity index (χ3v) is 1.56. The highest BCUT2D eigenvalue weighted by atomic mass is 16.5. The summed E-state index contributed by atoms with van der Waals surface area (Å²) in [6.45, 7) is 5.60. The average molecular weight is 203 g/mol. The number of carbonyl (C=O) groups is 2. The first kappa shape index (κ1) is 12.9. The van der Waals surface area contributed by atoms with Crippen LogP contribution in [-0.4, -0.2) is 35.7 Å². The lowest BCUT2D eigenvalue weighted by Crippen LogP contribution is -2.36. The molecule has 14 heavy (non-hydrogen) atoms. The summed E-state index contributed by atoms with van der Waals surface area (Å²) in [5, 5.41) is 10.6. The van der Waals surface area contributed by atoms with Gasteiger partial charge in [0.1, 0.15) is 6.54 Å². The van der Waals surface area contributed by atoms with E-state index in [-0.39, 0.29) is 18.9 Å². The molecule has 0 atom stereocenters. The number of rotatable bonds is 6. The van der Waals surface area contributed by atoms with Gasteiger partial charge in [0.2, 0.25) is 5.91 Å². The van der Waals surface area contributed by atoms with Crippen LogP contribution >= 0.6 is 0 Å². The van der Waals surface area contributed by atoms with E-state index in [0.29, 0.717) is 6.61 Å².